The number of halogens is 2. The maximum absolute atomic E-state index is 6.09. The standard InChI is InChI=1S/C13H10Cl2N2S/c14-8-5-6-9(13(16)18)12(7-8)17-11-4-2-1-3-10(11)15/h1-7,17H,(H2,16,18). The molecule has 0 atom stereocenters. The molecule has 3 N–H and O–H groups in total. The first-order valence-electron chi connectivity index (χ1n) is 5.19. The van der Waals surface area contributed by atoms with E-state index >= 15 is 0 Å². The lowest BCUT2D eigenvalue weighted by Gasteiger charge is -2.12. The SMILES string of the molecule is NC(=S)c1ccc(Cl)cc1Nc1ccccc1Cl. The van der Waals surface area contributed by atoms with E-state index in [0.717, 1.165) is 16.9 Å². The van der Waals surface area contributed by atoms with E-state index < -0.39 is 0 Å². The molecule has 0 aliphatic rings. The third kappa shape index (κ3) is 2.93. The van der Waals surface area contributed by atoms with Crippen LogP contribution in [-0.4, -0.2) is 4.99 Å². The summed E-state index contributed by atoms with van der Waals surface area (Å²) in [6.45, 7) is 0. The van der Waals surface area contributed by atoms with Gasteiger partial charge in [0, 0.05) is 10.6 Å². The Morgan fingerprint density at radius 1 is 1.06 bits per heavy atom. The Kier molecular flexibility index (Phi) is 4.07. The molecule has 0 amide bonds. The predicted molar refractivity (Wildman–Crippen MR) is 82.1 cm³/mol. The van der Waals surface area contributed by atoms with E-state index in [1.54, 1.807) is 24.3 Å². The van der Waals surface area contributed by atoms with E-state index in [4.69, 9.17) is 41.2 Å². The largest absolute Gasteiger partial charge is 0.389 e. The van der Waals surface area contributed by atoms with Crippen LogP contribution in [0.2, 0.25) is 10.0 Å². The van der Waals surface area contributed by atoms with E-state index in [-0.39, 0.29) is 0 Å². The summed E-state index contributed by atoms with van der Waals surface area (Å²) in [6, 6.07) is 12.7. The van der Waals surface area contributed by atoms with Gasteiger partial charge < -0.3 is 11.1 Å². The van der Waals surface area contributed by atoms with Gasteiger partial charge in [-0.3, -0.25) is 0 Å². The predicted octanol–water partition coefficient (Wildman–Crippen LogP) is 4.37. The van der Waals surface area contributed by atoms with Gasteiger partial charge in [-0.2, -0.15) is 0 Å². The van der Waals surface area contributed by atoms with Crippen molar-refractivity contribution in [2.24, 2.45) is 5.73 Å². The molecule has 2 rings (SSSR count). The first-order valence-corrected chi connectivity index (χ1v) is 6.35. The number of hydrogen-bond acceptors (Lipinski definition) is 2. The van der Waals surface area contributed by atoms with Gasteiger partial charge in [0.25, 0.3) is 0 Å². The van der Waals surface area contributed by atoms with Crippen molar-refractivity contribution in [3.63, 3.8) is 0 Å². The zero-order valence-corrected chi connectivity index (χ0v) is 11.6. The molecule has 0 fully saturated rings. The number of nitrogens with two attached hydrogens (primary N) is 1. The molecule has 2 nitrogen and oxygen atoms in total. The van der Waals surface area contributed by atoms with E-state index in [9.17, 15) is 0 Å². The van der Waals surface area contributed by atoms with Crippen molar-refractivity contribution in [1.29, 1.82) is 0 Å². The van der Waals surface area contributed by atoms with Crippen molar-refractivity contribution < 1.29 is 0 Å². The van der Waals surface area contributed by atoms with Crippen molar-refractivity contribution in [3.8, 4) is 0 Å². The Bertz CT molecular complexity index is 599. The first kappa shape index (κ1) is 13.1. The lowest BCUT2D eigenvalue weighted by atomic mass is 10.1. The van der Waals surface area contributed by atoms with Gasteiger partial charge in [-0.15, -0.1) is 0 Å². The minimum Gasteiger partial charge on any atom is -0.389 e. The third-order valence-electron chi connectivity index (χ3n) is 2.39. The Morgan fingerprint density at radius 2 is 1.78 bits per heavy atom. The van der Waals surface area contributed by atoms with Gasteiger partial charge in [0.1, 0.15) is 4.99 Å². The molecule has 0 aromatic heterocycles. The summed E-state index contributed by atoms with van der Waals surface area (Å²) in [7, 11) is 0. The monoisotopic (exact) mass is 296 g/mol. The third-order valence-corrected chi connectivity index (χ3v) is 3.17. The van der Waals surface area contributed by atoms with Crippen LogP contribution in [0, 0.1) is 0 Å². The second kappa shape index (κ2) is 5.57. The molecule has 92 valence electrons. The van der Waals surface area contributed by atoms with Crippen LogP contribution in [0.15, 0.2) is 42.5 Å². The summed E-state index contributed by atoms with van der Waals surface area (Å²) >= 11 is 17.1. The van der Waals surface area contributed by atoms with E-state index in [1.165, 1.54) is 0 Å². The van der Waals surface area contributed by atoms with Crippen LogP contribution in [0.25, 0.3) is 0 Å². The fourth-order valence-electron chi connectivity index (χ4n) is 1.54. The number of benzene rings is 2. The van der Waals surface area contributed by atoms with Gasteiger partial charge in [-0.25, -0.2) is 0 Å². The van der Waals surface area contributed by atoms with Crippen LogP contribution in [0.4, 0.5) is 11.4 Å². The number of thiocarbonyl (C=S) groups is 1. The Labute approximate surface area is 121 Å². The first-order chi connectivity index (χ1) is 8.58. The van der Waals surface area contributed by atoms with Crippen LogP contribution in [0.5, 0.6) is 0 Å². The Hall–Kier alpha value is -1.29. The number of rotatable bonds is 3. The summed E-state index contributed by atoms with van der Waals surface area (Å²) in [5, 5.41) is 4.40. The summed E-state index contributed by atoms with van der Waals surface area (Å²) < 4.78 is 0. The van der Waals surface area contributed by atoms with Crippen molar-refractivity contribution >= 4 is 51.8 Å². The Morgan fingerprint density at radius 3 is 2.44 bits per heavy atom. The van der Waals surface area contributed by atoms with Crippen molar-refractivity contribution in [2.45, 2.75) is 0 Å². The summed E-state index contributed by atoms with van der Waals surface area (Å²) in [6.07, 6.45) is 0. The molecule has 0 aliphatic carbocycles. The van der Waals surface area contributed by atoms with E-state index in [2.05, 4.69) is 5.32 Å². The number of nitrogens with one attached hydrogen (secondary N) is 1. The zero-order chi connectivity index (χ0) is 13.1. The average Bonchev–Trinajstić information content (AvgIpc) is 2.32. The van der Waals surface area contributed by atoms with Crippen molar-refractivity contribution in [3.05, 3.63) is 58.1 Å². The van der Waals surface area contributed by atoms with Crippen LogP contribution in [0.3, 0.4) is 0 Å². The van der Waals surface area contributed by atoms with Gasteiger partial charge in [0.05, 0.1) is 16.4 Å². The van der Waals surface area contributed by atoms with E-state index in [0.29, 0.717) is 15.0 Å². The van der Waals surface area contributed by atoms with Gasteiger partial charge in [-0.1, -0.05) is 47.6 Å². The molecule has 0 heterocycles. The molecule has 0 unspecified atom stereocenters. The second-order valence-electron chi connectivity index (χ2n) is 3.66. The smallest absolute Gasteiger partial charge is 0.106 e. The van der Waals surface area contributed by atoms with Crippen molar-refractivity contribution in [2.75, 3.05) is 5.32 Å². The maximum atomic E-state index is 6.09. The van der Waals surface area contributed by atoms with Crippen LogP contribution in [0.1, 0.15) is 5.56 Å². The quantitative estimate of drug-likeness (QED) is 0.826. The van der Waals surface area contributed by atoms with Gasteiger partial charge in [-0.05, 0) is 30.3 Å². The molecular weight excluding hydrogens is 287 g/mol. The van der Waals surface area contributed by atoms with Gasteiger partial charge in [0.15, 0.2) is 0 Å². The molecule has 2 aromatic carbocycles. The summed E-state index contributed by atoms with van der Waals surface area (Å²) in [5.74, 6) is 0. The average molecular weight is 297 g/mol. The molecule has 0 saturated carbocycles. The number of hydrogen-bond donors (Lipinski definition) is 2. The topological polar surface area (TPSA) is 38.0 Å². The molecule has 0 bridgehead atoms. The zero-order valence-electron chi connectivity index (χ0n) is 9.28. The molecule has 0 saturated heterocycles. The molecule has 18 heavy (non-hydrogen) atoms. The lowest BCUT2D eigenvalue weighted by Crippen LogP contribution is -2.11. The molecule has 0 radical (unpaired) electrons. The molecular formula is C13H10Cl2N2S. The molecule has 2 aromatic rings. The fraction of sp³-hybridized carbons (Fsp3) is 0. The summed E-state index contributed by atoms with van der Waals surface area (Å²) in [4.78, 5) is 0.307. The highest BCUT2D eigenvalue weighted by Crippen LogP contribution is 2.28. The van der Waals surface area contributed by atoms with E-state index in [1.807, 2.05) is 18.2 Å². The van der Waals surface area contributed by atoms with Crippen LogP contribution in [-0.2, 0) is 0 Å². The normalized spacial score (nSPS) is 10.1. The van der Waals surface area contributed by atoms with Crippen LogP contribution >= 0.6 is 35.4 Å². The summed E-state index contributed by atoms with van der Waals surface area (Å²) in [5.41, 5.74) is 7.92. The fourth-order valence-corrected chi connectivity index (χ4v) is 2.08. The highest BCUT2D eigenvalue weighted by Gasteiger charge is 2.07. The minimum atomic E-state index is 0.307. The maximum Gasteiger partial charge on any atom is 0.106 e. The second-order valence-corrected chi connectivity index (χ2v) is 4.94. The molecule has 5 heteroatoms. The Balaban J connectivity index is 2.42. The van der Waals surface area contributed by atoms with Crippen molar-refractivity contribution in [1.82, 2.24) is 0 Å². The van der Waals surface area contributed by atoms with Gasteiger partial charge >= 0.3 is 0 Å². The molecule has 0 spiro atoms. The molecule has 0 aliphatic heterocycles. The highest BCUT2D eigenvalue weighted by molar-refractivity contribution is 7.80. The lowest BCUT2D eigenvalue weighted by molar-refractivity contribution is 1.52. The highest BCUT2D eigenvalue weighted by atomic mass is 35.5. The number of anilines is 2. The van der Waals surface area contributed by atoms with Gasteiger partial charge in [0.2, 0.25) is 0 Å². The number of para-hydroxylation sites is 1. The minimum absolute atomic E-state index is 0.307. The van der Waals surface area contributed by atoms with Crippen LogP contribution < -0.4 is 11.1 Å².